The van der Waals surface area contributed by atoms with Crippen LogP contribution in [0.3, 0.4) is 0 Å². The predicted molar refractivity (Wildman–Crippen MR) is 80.6 cm³/mol. The van der Waals surface area contributed by atoms with Gasteiger partial charge in [0.2, 0.25) is 0 Å². The summed E-state index contributed by atoms with van der Waals surface area (Å²) >= 11 is 0. The highest BCUT2D eigenvalue weighted by Crippen LogP contribution is 2.19. The third kappa shape index (κ3) is 3.32. The van der Waals surface area contributed by atoms with Crippen molar-refractivity contribution in [3.8, 4) is 0 Å². The van der Waals surface area contributed by atoms with Gasteiger partial charge in [-0.1, -0.05) is 25.7 Å². The standard InChI is InChI=1S/C15H25N5/c16-15(18-12-5-3-1-2-4-6-12)19-13-7-9-20-10-8-17-14(20)11-13/h8,10,12-13H,1-7,9,11H2,(H3,16,18,19). The number of rotatable bonds is 2. The number of nitrogens with two attached hydrogens (primary N) is 1. The fraction of sp³-hybridized carbons (Fsp3) is 0.733. The SMILES string of the molecule is NC(=NC1CCCCCC1)NC1CCn2ccnc2C1. The molecule has 0 saturated heterocycles. The lowest BCUT2D eigenvalue weighted by Gasteiger charge is -2.25. The van der Waals surface area contributed by atoms with Gasteiger partial charge >= 0.3 is 0 Å². The molecule has 0 aromatic carbocycles. The lowest BCUT2D eigenvalue weighted by Crippen LogP contribution is -2.44. The van der Waals surface area contributed by atoms with Gasteiger partial charge < -0.3 is 15.6 Å². The van der Waals surface area contributed by atoms with Crippen molar-refractivity contribution in [2.75, 3.05) is 0 Å². The Morgan fingerprint density at radius 2 is 2.05 bits per heavy atom. The van der Waals surface area contributed by atoms with E-state index in [-0.39, 0.29) is 0 Å². The van der Waals surface area contributed by atoms with Gasteiger partial charge in [0.1, 0.15) is 5.82 Å². The molecule has 1 atom stereocenters. The minimum absolute atomic E-state index is 0.374. The van der Waals surface area contributed by atoms with Gasteiger partial charge in [-0.05, 0) is 19.3 Å². The van der Waals surface area contributed by atoms with Gasteiger partial charge in [0.25, 0.3) is 0 Å². The fourth-order valence-corrected chi connectivity index (χ4v) is 3.30. The first-order chi connectivity index (χ1) is 9.81. The molecule has 1 aromatic heterocycles. The lowest BCUT2D eigenvalue weighted by atomic mass is 10.1. The molecule has 1 unspecified atom stereocenters. The normalized spacial score (nSPS) is 25.0. The van der Waals surface area contributed by atoms with Crippen molar-refractivity contribution in [3.05, 3.63) is 18.2 Å². The Hall–Kier alpha value is -1.52. The van der Waals surface area contributed by atoms with Crippen LogP contribution in [0, 0.1) is 0 Å². The molecule has 2 aliphatic rings. The summed E-state index contributed by atoms with van der Waals surface area (Å²) in [6.45, 7) is 1.02. The number of imidazole rings is 1. The lowest BCUT2D eigenvalue weighted by molar-refractivity contribution is 0.433. The van der Waals surface area contributed by atoms with E-state index >= 15 is 0 Å². The molecule has 3 N–H and O–H groups in total. The van der Waals surface area contributed by atoms with Crippen LogP contribution in [-0.2, 0) is 13.0 Å². The minimum atomic E-state index is 0.374. The second kappa shape index (κ2) is 6.29. The second-order valence-corrected chi connectivity index (χ2v) is 6.03. The molecule has 5 nitrogen and oxygen atoms in total. The van der Waals surface area contributed by atoms with Crippen molar-refractivity contribution >= 4 is 5.96 Å². The number of aliphatic imine (C=N–C) groups is 1. The highest BCUT2D eigenvalue weighted by molar-refractivity contribution is 5.78. The molecule has 3 rings (SSSR count). The van der Waals surface area contributed by atoms with E-state index in [9.17, 15) is 0 Å². The molecule has 2 heterocycles. The van der Waals surface area contributed by atoms with Crippen molar-refractivity contribution in [3.63, 3.8) is 0 Å². The Morgan fingerprint density at radius 3 is 2.85 bits per heavy atom. The van der Waals surface area contributed by atoms with E-state index in [2.05, 4.69) is 26.1 Å². The van der Waals surface area contributed by atoms with Crippen LogP contribution in [0.2, 0.25) is 0 Å². The zero-order chi connectivity index (χ0) is 13.8. The van der Waals surface area contributed by atoms with E-state index in [0.717, 1.165) is 25.2 Å². The van der Waals surface area contributed by atoms with Crippen LogP contribution in [0.25, 0.3) is 0 Å². The number of nitrogens with one attached hydrogen (secondary N) is 1. The zero-order valence-electron chi connectivity index (χ0n) is 12.1. The van der Waals surface area contributed by atoms with Crippen molar-refractivity contribution in [1.29, 1.82) is 0 Å². The molecule has 0 spiro atoms. The Morgan fingerprint density at radius 1 is 1.25 bits per heavy atom. The molecule has 110 valence electrons. The first kappa shape index (κ1) is 13.5. The third-order valence-electron chi connectivity index (χ3n) is 4.45. The number of aromatic nitrogens is 2. The summed E-state index contributed by atoms with van der Waals surface area (Å²) in [6, 6.07) is 0.801. The smallest absolute Gasteiger partial charge is 0.189 e. The van der Waals surface area contributed by atoms with E-state index in [4.69, 9.17) is 5.73 Å². The van der Waals surface area contributed by atoms with Crippen LogP contribution in [0.5, 0.6) is 0 Å². The highest BCUT2D eigenvalue weighted by Gasteiger charge is 2.20. The van der Waals surface area contributed by atoms with Gasteiger partial charge in [-0.2, -0.15) is 0 Å². The molecule has 1 aromatic rings. The number of fused-ring (bicyclic) bond motifs is 1. The van der Waals surface area contributed by atoms with E-state index in [1.54, 1.807) is 0 Å². The van der Waals surface area contributed by atoms with Gasteiger partial charge in [0, 0.05) is 31.4 Å². The summed E-state index contributed by atoms with van der Waals surface area (Å²) in [5.41, 5.74) is 6.09. The maximum atomic E-state index is 6.09. The molecule has 0 amide bonds. The van der Waals surface area contributed by atoms with E-state index in [1.807, 2.05) is 6.20 Å². The van der Waals surface area contributed by atoms with Crippen LogP contribution in [0.15, 0.2) is 17.4 Å². The Labute approximate surface area is 120 Å². The first-order valence-corrected chi connectivity index (χ1v) is 7.91. The number of aryl methyl sites for hydroxylation is 1. The van der Waals surface area contributed by atoms with Gasteiger partial charge in [0.05, 0.1) is 6.04 Å². The highest BCUT2D eigenvalue weighted by atomic mass is 15.1. The summed E-state index contributed by atoms with van der Waals surface area (Å²) in [6.07, 6.45) is 13.6. The summed E-state index contributed by atoms with van der Waals surface area (Å²) in [7, 11) is 0. The maximum absolute atomic E-state index is 6.09. The minimum Gasteiger partial charge on any atom is -0.370 e. The third-order valence-corrected chi connectivity index (χ3v) is 4.45. The van der Waals surface area contributed by atoms with Crippen LogP contribution < -0.4 is 11.1 Å². The first-order valence-electron chi connectivity index (χ1n) is 7.91. The maximum Gasteiger partial charge on any atom is 0.189 e. The quantitative estimate of drug-likeness (QED) is 0.491. The van der Waals surface area contributed by atoms with Crippen molar-refractivity contribution in [1.82, 2.24) is 14.9 Å². The van der Waals surface area contributed by atoms with Crippen LogP contribution in [0.1, 0.15) is 50.8 Å². The molecular formula is C15H25N5. The van der Waals surface area contributed by atoms with Crippen LogP contribution in [-0.4, -0.2) is 27.6 Å². The molecule has 1 aliphatic heterocycles. The Kier molecular flexibility index (Phi) is 4.23. The molecule has 1 aliphatic carbocycles. The Balaban J connectivity index is 1.54. The van der Waals surface area contributed by atoms with Gasteiger partial charge in [-0.15, -0.1) is 0 Å². The van der Waals surface area contributed by atoms with Gasteiger partial charge in [-0.3, -0.25) is 4.99 Å². The summed E-state index contributed by atoms with van der Waals surface area (Å²) < 4.78 is 2.22. The van der Waals surface area contributed by atoms with Gasteiger partial charge in [-0.25, -0.2) is 4.98 Å². The second-order valence-electron chi connectivity index (χ2n) is 6.03. The van der Waals surface area contributed by atoms with Crippen molar-refractivity contribution in [2.45, 2.75) is 70.0 Å². The molecule has 20 heavy (non-hydrogen) atoms. The van der Waals surface area contributed by atoms with Gasteiger partial charge in [0.15, 0.2) is 5.96 Å². The molecule has 5 heteroatoms. The molecule has 0 radical (unpaired) electrons. The Bertz CT molecular complexity index is 457. The largest absolute Gasteiger partial charge is 0.370 e. The monoisotopic (exact) mass is 275 g/mol. The summed E-state index contributed by atoms with van der Waals surface area (Å²) in [5, 5.41) is 3.39. The van der Waals surface area contributed by atoms with E-state index in [0.29, 0.717) is 18.0 Å². The number of hydrogen-bond acceptors (Lipinski definition) is 2. The topological polar surface area (TPSA) is 68.2 Å². The predicted octanol–water partition coefficient (Wildman–Crippen LogP) is 1.82. The van der Waals surface area contributed by atoms with Crippen molar-refractivity contribution < 1.29 is 0 Å². The molecular weight excluding hydrogens is 250 g/mol. The van der Waals surface area contributed by atoms with Crippen molar-refractivity contribution in [2.24, 2.45) is 10.7 Å². The number of guanidine groups is 1. The van der Waals surface area contributed by atoms with Crippen LogP contribution >= 0.6 is 0 Å². The van der Waals surface area contributed by atoms with E-state index < -0.39 is 0 Å². The average molecular weight is 275 g/mol. The molecule has 1 fully saturated rings. The average Bonchev–Trinajstić information content (AvgIpc) is 2.75. The molecule has 0 bridgehead atoms. The summed E-state index contributed by atoms with van der Waals surface area (Å²) in [4.78, 5) is 9.07. The molecule has 1 saturated carbocycles. The number of hydrogen-bond donors (Lipinski definition) is 2. The fourth-order valence-electron chi connectivity index (χ4n) is 3.30. The van der Waals surface area contributed by atoms with E-state index in [1.165, 1.54) is 38.5 Å². The zero-order valence-corrected chi connectivity index (χ0v) is 12.1. The van der Waals surface area contributed by atoms with Crippen LogP contribution in [0.4, 0.5) is 0 Å². The summed E-state index contributed by atoms with van der Waals surface area (Å²) in [5.74, 6) is 1.78. The number of nitrogens with zero attached hydrogens (tertiary/aromatic N) is 3.